The largest absolute Gasteiger partial charge is 0.444 e. The first-order valence-electron chi connectivity index (χ1n) is 6.58. The van der Waals surface area contributed by atoms with Crippen molar-refractivity contribution in [3.8, 4) is 0 Å². The van der Waals surface area contributed by atoms with Crippen LogP contribution in [-0.4, -0.2) is 44.5 Å². The fourth-order valence-corrected chi connectivity index (χ4v) is 1.73. The Morgan fingerprint density at radius 2 is 2.35 bits per heavy atom. The molecule has 1 atom stereocenters. The number of ether oxygens (including phenoxy) is 1. The molecular formula is C14H23N3O3. The van der Waals surface area contributed by atoms with Gasteiger partial charge in [-0.05, 0) is 33.3 Å². The van der Waals surface area contributed by atoms with E-state index in [0.29, 0.717) is 13.0 Å². The second kappa shape index (κ2) is 7.09. The highest BCUT2D eigenvalue weighted by molar-refractivity contribution is 5.68. The number of hydrogen-bond donors (Lipinski definition) is 2. The maximum atomic E-state index is 12.3. The molecular weight excluding hydrogens is 258 g/mol. The summed E-state index contributed by atoms with van der Waals surface area (Å²) in [7, 11) is 0. The van der Waals surface area contributed by atoms with Crippen LogP contribution in [0.5, 0.6) is 0 Å². The van der Waals surface area contributed by atoms with Crippen LogP contribution in [0, 0.1) is 0 Å². The molecule has 1 unspecified atom stereocenters. The molecule has 0 radical (unpaired) electrons. The number of aliphatic hydroxyl groups is 1. The lowest BCUT2D eigenvalue weighted by molar-refractivity contribution is 0.0159. The third kappa shape index (κ3) is 5.05. The predicted molar refractivity (Wildman–Crippen MR) is 76.1 cm³/mol. The van der Waals surface area contributed by atoms with Gasteiger partial charge in [-0.15, -0.1) is 6.58 Å². The van der Waals surface area contributed by atoms with Gasteiger partial charge in [-0.25, -0.2) is 4.79 Å². The van der Waals surface area contributed by atoms with Crippen LogP contribution in [0.25, 0.3) is 0 Å². The second-order valence-electron chi connectivity index (χ2n) is 5.51. The molecule has 2 N–H and O–H groups in total. The summed E-state index contributed by atoms with van der Waals surface area (Å²) >= 11 is 0. The number of carbonyl (C=O) groups excluding carboxylic acids is 1. The van der Waals surface area contributed by atoms with Crippen molar-refractivity contribution < 1.29 is 14.6 Å². The third-order valence-electron chi connectivity index (χ3n) is 2.62. The van der Waals surface area contributed by atoms with Gasteiger partial charge in [-0.1, -0.05) is 6.08 Å². The van der Waals surface area contributed by atoms with Gasteiger partial charge in [0, 0.05) is 12.8 Å². The van der Waals surface area contributed by atoms with E-state index in [4.69, 9.17) is 9.84 Å². The van der Waals surface area contributed by atoms with Gasteiger partial charge >= 0.3 is 6.09 Å². The molecule has 0 spiro atoms. The molecule has 20 heavy (non-hydrogen) atoms. The molecule has 0 aromatic carbocycles. The average Bonchev–Trinajstić information content (AvgIpc) is 2.84. The summed E-state index contributed by atoms with van der Waals surface area (Å²) in [5, 5.41) is 15.8. The molecule has 112 valence electrons. The van der Waals surface area contributed by atoms with Crippen molar-refractivity contribution in [1.82, 2.24) is 15.1 Å². The highest BCUT2D eigenvalue weighted by atomic mass is 16.6. The van der Waals surface area contributed by atoms with Gasteiger partial charge in [0.2, 0.25) is 0 Å². The molecule has 1 amide bonds. The summed E-state index contributed by atoms with van der Waals surface area (Å²) in [4.78, 5) is 13.8. The van der Waals surface area contributed by atoms with Gasteiger partial charge < -0.3 is 9.84 Å². The molecule has 6 heteroatoms. The molecule has 1 heterocycles. The quantitative estimate of drug-likeness (QED) is 0.783. The van der Waals surface area contributed by atoms with Crippen LogP contribution < -0.4 is 0 Å². The van der Waals surface area contributed by atoms with Crippen LogP contribution in [0.2, 0.25) is 0 Å². The molecule has 6 nitrogen and oxygen atoms in total. The zero-order valence-corrected chi connectivity index (χ0v) is 12.3. The van der Waals surface area contributed by atoms with Crippen LogP contribution in [0.1, 0.15) is 32.9 Å². The van der Waals surface area contributed by atoms with Crippen molar-refractivity contribution in [3.63, 3.8) is 0 Å². The number of nitrogens with zero attached hydrogens (tertiary/aromatic N) is 2. The van der Waals surface area contributed by atoms with E-state index in [2.05, 4.69) is 16.8 Å². The number of nitrogens with one attached hydrogen (secondary N) is 1. The molecule has 0 aliphatic carbocycles. The van der Waals surface area contributed by atoms with Crippen LogP contribution in [0.3, 0.4) is 0 Å². The van der Waals surface area contributed by atoms with E-state index in [1.165, 1.54) is 4.90 Å². The third-order valence-corrected chi connectivity index (χ3v) is 2.62. The maximum absolute atomic E-state index is 12.3. The highest BCUT2D eigenvalue weighted by Gasteiger charge is 2.27. The summed E-state index contributed by atoms with van der Waals surface area (Å²) in [5.41, 5.74) is 0.217. The lowest BCUT2D eigenvalue weighted by Gasteiger charge is -2.31. The standard InChI is InChI=1S/C14H23N3O3/c1-5-12(7-9-18)17(10-11-6-8-15-16-11)13(19)20-14(2,3)4/h5-6,8,12,18H,1,7,9-10H2,2-4H3,(H,15,16). The van der Waals surface area contributed by atoms with E-state index < -0.39 is 11.7 Å². The lowest BCUT2D eigenvalue weighted by atomic mass is 10.1. The zero-order valence-electron chi connectivity index (χ0n) is 12.3. The molecule has 0 saturated carbocycles. The summed E-state index contributed by atoms with van der Waals surface area (Å²) in [6, 6.07) is 1.49. The Kier molecular flexibility index (Phi) is 5.76. The monoisotopic (exact) mass is 281 g/mol. The first-order valence-corrected chi connectivity index (χ1v) is 6.58. The molecule has 0 fully saturated rings. The molecule has 1 aromatic rings. The van der Waals surface area contributed by atoms with Crippen LogP contribution in [-0.2, 0) is 11.3 Å². The molecule has 0 bridgehead atoms. The fourth-order valence-electron chi connectivity index (χ4n) is 1.73. The highest BCUT2D eigenvalue weighted by Crippen LogP contribution is 2.16. The average molecular weight is 281 g/mol. The van der Waals surface area contributed by atoms with Crippen molar-refractivity contribution in [2.45, 2.75) is 45.4 Å². The molecule has 0 aliphatic heterocycles. The van der Waals surface area contributed by atoms with Crippen molar-refractivity contribution in [2.24, 2.45) is 0 Å². The lowest BCUT2D eigenvalue weighted by Crippen LogP contribution is -2.42. The zero-order chi connectivity index (χ0) is 15.2. The van der Waals surface area contributed by atoms with Gasteiger partial charge in [0.1, 0.15) is 5.60 Å². The normalized spacial score (nSPS) is 12.8. The molecule has 1 rings (SSSR count). The molecule has 0 aliphatic rings. The number of aliphatic hydroxyl groups excluding tert-OH is 1. The van der Waals surface area contributed by atoms with E-state index in [1.54, 1.807) is 18.3 Å². The summed E-state index contributed by atoms with van der Waals surface area (Å²) in [5.74, 6) is 0. The topological polar surface area (TPSA) is 78.5 Å². The van der Waals surface area contributed by atoms with Crippen molar-refractivity contribution in [2.75, 3.05) is 6.61 Å². The Balaban J connectivity index is 2.87. The minimum atomic E-state index is -0.575. The van der Waals surface area contributed by atoms with Crippen molar-refractivity contribution in [1.29, 1.82) is 0 Å². The van der Waals surface area contributed by atoms with E-state index in [-0.39, 0.29) is 12.6 Å². The smallest absolute Gasteiger partial charge is 0.411 e. The van der Waals surface area contributed by atoms with E-state index in [9.17, 15) is 4.79 Å². The number of aromatic nitrogens is 2. The van der Waals surface area contributed by atoms with E-state index in [1.807, 2.05) is 20.8 Å². The number of rotatable bonds is 6. The number of hydrogen-bond acceptors (Lipinski definition) is 4. The van der Waals surface area contributed by atoms with Crippen molar-refractivity contribution in [3.05, 3.63) is 30.6 Å². The first-order chi connectivity index (χ1) is 9.37. The van der Waals surface area contributed by atoms with E-state index >= 15 is 0 Å². The summed E-state index contributed by atoms with van der Waals surface area (Å²) in [6.07, 6.45) is 3.23. The first kappa shape index (κ1) is 16.2. The Labute approximate surface area is 119 Å². The predicted octanol–water partition coefficient (Wildman–Crippen LogP) is 2.08. The summed E-state index contributed by atoms with van der Waals surface area (Å²) in [6.45, 7) is 9.46. The molecule has 0 saturated heterocycles. The van der Waals surface area contributed by atoms with Crippen LogP contribution in [0.15, 0.2) is 24.9 Å². The van der Waals surface area contributed by atoms with Crippen LogP contribution in [0.4, 0.5) is 4.79 Å². The number of H-pyrrole nitrogens is 1. The fraction of sp³-hybridized carbons (Fsp3) is 0.571. The Morgan fingerprint density at radius 3 is 2.80 bits per heavy atom. The Hall–Kier alpha value is -1.82. The summed E-state index contributed by atoms with van der Waals surface area (Å²) < 4.78 is 5.40. The number of amides is 1. The van der Waals surface area contributed by atoms with Gasteiger partial charge in [0.15, 0.2) is 0 Å². The SMILES string of the molecule is C=CC(CCO)N(Cc1ccn[nH]1)C(=O)OC(C)(C)C. The Morgan fingerprint density at radius 1 is 1.65 bits per heavy atom. The minimum Gasteiger partial charge on any atom is -0.444 e. The molecule has 1 aromatic heterocycles. The van der Waals surface area contributed by atoms with Gasteiger partial charge in [0.25, 0.3) is 0 Å². The maximum Gasteiger partial charge on any atom is 0.411 e. The minimum absolute atomic E-state index is 0.0288. The number of aromatic amines is 1. The van der Waals surface area contributed by atoms with Gasteiger partial charge in [-0.3, -0.25) is 10.00 Å². The Bertz CT molecular complexity index is 423. The van der Waals surface area contributed by atoms with Crippen LogP contribution >= 0.6 is 0 Å². The second-order valence-corrected chi connectivity index (χ2v) is 5.51. The van der Waals surface area contributed by atoms with Gasteiger partial charge in [-0.2, -0.15) is 5.10 Å². The van der Waals surface area contributed by atoms with Crippen molar-refractivity contribution >= 4 is 6.09 Å². The van der Waals surface area contributed by atoms with Gasteiger partial charge in [0.05, 0.1) is 18.3 Å². The number of carbonyl (C=O) groups is 1. The van der Waals surface area contributed by atoms with E-state index in [0.717, 1.165) is 5.69 Å².